The Bertz CT molecular complexity index is 1300. The fourth-order valence-electron chi connectivity index (χ4n) is 7.30. The number of hydrogen-bond donors (Lipinski definition) is 3. The van der Waals surface area contributed by atoms with Crippen LogP contribution in [0.5, 0.6) is 11.5 Å². The van der Waals surface area contributed by atoms with Crippen LogP contribution in [0.1, 0.15) is 23.6 Å². The molecule has 38 heavy (non-hydrogen) atoms. The predicted molar refractivity (Wildman–Crippen MR) is 139 cm³/mol. The summed E-state index contributed by atoms with van der Waals surface area (Å²) in [5, 5.41) is 37.3. The number of methoxy groups -OCH3 is 1. The first kappa shape index (κ1) is 25.1. The second-order valence-corrected chi connectivity index (χ2v) is 10.8. The maximum absolute atomic E-state index is 13.3. The van der Waals surface area contributed by atoms with Gasteiger partial charge in [0, 0.05) is 25.0 Å². The number of aliphatic hydroxyl groups excluding tert-OH is 1. The summed E-state index contributed by atoms with van der Waals surface area (Å²) in [5.74, 6) is 0.0153. The first-order valence-corrected chi connectivity index (χ1v) is 13.2. The molecule has 1 aromatic heterocycles. The van der Waals surface area contributed by atoms with Crippen molar-refractivity contribution in [2.45, 2.75) is 24.2 Å². The summed E-state index contributed by atoms with van der Waals surface area (Å²) in [4.78, 5) is 4.34. The van der Waals surface area contributed by atoms with E-state index in [4.69, 9.17) is 14.2 Å². The Morgan fingerprint density at radius 3 is 2.58 bits per heavy atom. The summed E-state index contributed by atoms with van der Waals surface area (Å²) in [6.45, 7) is 3.73. The van der Waals surface area contributed by atoms with Crippen molar-refractivity contribution >= 4 is 0 Å². The van der Waals surface area contributed by atoms with Gasteiger partial charge in [-0.25, -0.2) is 0 Å². The number of hydrogen-bond acceptors (Lipinski definition) is 8. The molecule has 6 rings (SSSR count). The molecule has 1 aromatic carbocycles. The SMILES string of the molecule is COc1cncc2c1[C@]1(O)[C@@H](CNC3COC3)[C@H](CO)[C@@H](C3C=CC=CC3C)[C@]1(c1ccc(C#N)cc1)O2. The predicted octanol–water partition coefficient (Wildman–Crippen LogP) is 2.66. The van der Waals surface area contributed by atoms with Gasteiger partial charge in [-0.15, -0.1) is 0 Å². The van der Waals surface area contributed by atoms with Crippen molar-refractivity contribution in [3.63, 3.8) is 0 Å². The molecular formula is C30H33N3O5. The van der Waals surface area contributed by atoms with Gasteiger partial charge in [0.15, 0.2) is 5.60 Å². The van der Waals surface area contributed by atoms with Gasteiger partial charge < -0.3 is 29.7 Å². The summed E-state index contributed by atoms with van der Waals surface area (Å²) in [7, 11) is 1.56. The van der Waals surface area contributed by atoms with E-state index in [0.717, 1.165) is 5.56 Å². The molecule has 2 aliphatic heterocycles. The average Bonchev–Trinajstić information content (AvgIpc) is 3.30. The number of nitriles is 1. The minimum absolute atomic E-state index is 0.0235. The highest BCUT2D eigenvalue weighted by Gasteiger charge is 2.77. The Morgan fingerprint density at radius 2 is 1.95 bits per heavy atom. The quantitative estimate of drug-likeness (QED) is 0.515. The number of rotatable bonds is 7. The number of pyridine rings is 1. The number of benzene rings is 1. The molecule has 4 aliphatic rings. The van der Waals surface area contributed by atoms with Crippen molar-refractivity contribution in [2.24, 2.45) is 29.6 Å². The molecule has 3 heterocycles. The monoisotopic (exact) mass is 515 g/mol. The van der Waals surface area contributed by atoms with Crippen LogP contribution in [0.4, 0.5) is 0 Å². The van der Waals surface area contributed by atoms with Crippen molar-refractivity contribution in [3.8, 4) is 17.6 Å². The van der Waals surface area contributed by atoms with Crippen LogP contribution >= 0.6 is 0 Å². The summed E-state index contributed by atoms with van der Waals surface area (Å²) in [5.41, 5.74) is -0.988. The van der Waals surface area contributed by atoms with Gasteiger partial charge in [0.2, 0.25) is 0 Å². The van der Waals surface area contributed by atoms with E-state index in [9.17, 15) is 15.5 Å². The van der Waals surface area contributed by atoms with E-state index in [1.54, 1.807) is 31.6 Å². The molecule has 1 saturated heterocycles. The molecule has 0 spiro atoms. The number of allylic oxidation sites excluding steroid dienone is 4. The summed E-state index contributed by atoms with van der Waals surface area (Å²) in [6.07, 6.45) is 11.6. The largest absolute Gasteiger partial charge is 0.495 e. The Morgan fingerprint density at radius 1 is 1.18 bits per heavy atom. The molecule has 0 bridgehead atoms. The van der Waals surface area contributed by atoms with Gasteiger partial charge in [-0.1, -0.05) is 43.4 Å². The van der Waals surface area contributed by atoms with E-state index in [2.05, 4.69) is 35.4 Å². The highest BCUT2D eigenvalue weighted by Crippen LogP contribution is 2.71. The van der Waals surface area contributed by atoms with Gasteiger partial charge in [0.05, 0.1) is 56.0 Å². The summed E-state index contributed by atoms with van der Waals surface area (Å²) >= 11 is 0. The van der Waals surface area contributed by atoms with E-state index < -0.39 is 17.1 Å². The molecule has 8 heteroatoms. The molecule has 2 fully saturated rings. The van der Waals surface area contributed by atoms with Crippen LogP contribution in [0.15, 0.2) is 61.0 Å². The van der Waals surface area contributed by atoms with E-state index in [1.165, 1.54) is 0 Å². The molecule has 3 N–H and O–H groups in total. The highest BCUT2D eigenvalue weighted by atomic mass is 16.5. The molecular weight excluding hydrogens is 482 g/mol. The fourth-order valence-corrected chi connectivity index (χ4v) is 7.30. The third kappa shape index (κ3) is 3.39. The van der Waals surface area contributed by atoms with Crippen LogP contribution in [0, 0.1) is 40.9 Å². The van der Waals surface area contributed by atoms with E-state index in [0.29, 0.717) is 42.4 Å². The number of ether oxygens (including phenoxy) is 3. The summed E-state index contributed by atoms with van der Waals surface area (Å²) < 4.78 is 18.1. The van der Waals surface area contributed by atoms with Gasteiger partial charge >= 0.3 is 0 Å². The lowest BCUT2D eigenvalue weighted by molar-refractivity contribution is -0.145. The van der Waals surface area contributed by atoms with Gasteiger partial charge in [-0.2, -0.15) is 5.26 Å². The molecule has 7 atom stereocenters. The fraction of sp³-hybridized carbons (Fsp3) is 0.467. The average molecular weight is 516 g/mol. The maximum Gasteiger partial charge on any atom is 0.171 e. The Kier molecular flexibility index (Phi) is 6.28. The highest BCUT2D eigenvalue weighted by molar-refractivity contribution is 5.57. The second kappa shape index (κ2) is 9.51. The minimum Gasteiger partial charge on any atom is -0.495 e. The van der Waals surface area contributed by atoms with E-state index in [1.807, 2.05) is 24.3 Å². The number of nitrogens with zero attached hydrogens (tertiary/aromatic N) is 2. The van der Waals surface area contributed by atoms with Crippen molar-refractivity contribution in [1.29, 1.82) is 5.26 Å². The standard InChI is InChI=1S/C30H33N3O5/c1-18-5-3-4-6-22(18)27-23(15-34)24(12-33-21-16-37-17-21)29(35)28-25(36-2)13-32-14-26(28)38-30(27,29)20-9-7-19(11-31)8-10-20/h3-10,13-14,18,21-24,27,33-35H,12,15-17H2,1-2H3/t18?,22?,23-,24-,27+,29+,30-/m0/s1. The zero-order valence-electron chi connectivity index (χ0n) is 21.6. The lowest BCUT2D eigenvalue weighted by Crippen LogP contribution is -2.55. The molecule has 2 aromatic rings. The van der Waals surface area contributed by atoms with Crippen LogP contribution in [0.25, 0.3) is 0 Å². The summed E-state index contributed by atoms with van der Waals surface area (Å²) in [6, 6.07) is 9.65. The van der Waals surface area contributed by atoms with Gasteiger partial charge in [-0.3, -0.25) is 4.98 Å². The molecule has 198 valence electrons. The lowest BCUT2D eigenvalue weighted by atomic mass is 9.65. The van der Waals surface area contributed by atoms with Gasteiger partial charge in [-0.05, 0) is 35.4 Å². The smallest absolute Gasteiger partial charge is 0.171 e. The lowest BCUT2D eigenvalue weighted by Gasteiger charge is -2.45. The second-order valence-electron chi connectivity index (χ2n) is 10.8. The van der Waals surface area contributed by atoms with Crippen LogP contribution in [-0.4, -0.2) is 54.7 Å². The molecule has 1 saturated carbocycles. The first-order chi connectivity index (χ1) is 18.5. The number of aliphatic hydroxyl groups is 2. The Hall–Kier alpha value is -3.22. The van der Waals surface area contributed by atoms with E-state index >= 15 is 0 Å². The van der Waals surface area contributed by atoms with Crippen LogP contribution in [0.3, 0.4) is 0 Å². The van der Waals surface area contributed by atoms with Crippen molar-refractivity contribution in [2.75, 3.05) is 33.5 Å². The molecule has 0 radical (unpaired) electrons. The zero-order valence-corrected chi connectivity index (χ0v) is 21.6. The third-order valence-electron chi connectivity index (χ3n) is 9.10. The van der Waals surface area contributed by atoms with Crippen LogP contribution in [0.2, 0.25) is 0 Å². The van der Waals surface area contributed by atoms with Crippen LogP contribution < -0.4 is 14.8 Å². The maximum atomic E-state index is 13.3. The number of aromatic nitrogens is 1. The number of fused-ring (bicyclic) bond motifs is 3. The van der Waals surface area contributed by atoms with Crippen LogP contribution in [-0.2, 0) is 15.9 Å². The normalized spacial score (nSPS) is 35.2. The van der Waals surface area contributed by atoms with E-state index in [-0.39, 0.29) is 36.3 Å². The third-order valence-corrected chi connectivity index (χ3v) is 9.10. The molecule has 8 nitrogen and oxygen atoms in total. The zero-order chi connectivity index (χ0) is 26.5. The first-order valence-electron chi connectivity index (χ1n) is 13.2. The number of nitrogens with one attached hydrogen (secondary N) is 1. The Labute approximate surface area is 222 Å². The molecule has 2 unspecified atom stereocenters. The van der Waals surface area contributed by atoms with Gasteiger partial charge in [0.1, 0.15) is 17.1 Å². The molecule has 0 amide bonds. The Balaban J connectivity index is 1.61. The molecule has 2 aliphatic carbocycles. The van der Waals surface area contributed by atoms with Crippen molar-refractivity contribution in [1.82, 2.24) is 10.3 Å². The van der Waals surface area contributed by atoms with Crippen molar-refractivity contribution < 1.29 is 24.4 Å². The van der Waals surface area contributed by atoms with Crippen molar-refractivity contribution in [3.05, 3.63) is 77.7 Å². The van der Waals surface area contributed by atoms with Gasteiger partial charge in [0.25, 0.3) is 0 Å². The topological polar surface area (TPSA) is 117 Å². The minimum atomic E-state index is -1.56.